The number of aromatic nitrogens is 1. The summed E-state index contributed by atoms with van der Waals surface area (Å²) in [6.45, 7) is 1.76. The van der Waals surface area contributed by atoms with Crippen LogP contribution in [-0.4, -0.2) is 28.2 Å². The van der Waals surface area contributed by atoms with E-state index in [-0.39, 0.29) is 11.6 Å². The summed E-state index contributed by atoms with van der Waals surface area (Å²) in [7, 11) is 1.44. The molecule has 114 valence electrons. The molecule has 2 rings (SSSR count). The second kappa shape index (κ2) is 6.08. The third kappa shape index (κ3) is 3.29. The van der Waals surface area contributed by atoms with Crippen LogP contribution in [-0.2, 0) is 0 Å². The van der Waals surface area contributed by atoms with E-state index in [1.54, 1.807) is 25.1 Å². The Labute approximate surface area is 125 Å². The van der Waals surface area contributed by atoms with Crippen LogP contribution in [0.5, 0.6) is 11.6 Å². The number of pyridine rings is 1. The van der Waals surface area contributed by atoms with E-state index in [1.807, 2.05) is 0 Å². The third-order valence-corrected chi connectivity index (χ3v) is 2.98. The van der Waals surface area contributed by atoms with Gasteiger partial charge in [0, 0.05) is 24.9 Å². The Morgan fingerprint density at radius 2 is 2.09 bits per heavy atom. The summed E-state index contributed by atoms with van der Waals surface area (Å²) >= 11 is 0. The molecule has 0 atom stereocenters. The van der Waals surface area contributed by atoms with Gasteiger partial charge in [0.25, 0.3) is 5.69 Å². The lowest BCUT2D eigenvalue weighted by molar-refractivity contribution is -0.385. The quantitative estimate of drug-likeness (QED) is 0.686. The molecule has 0 fully saturated rings. The number of hydrogen-bond acceptors (Lipinski definition) is 5. The molecule has 8 heteroatoms. The minimum atomic E-state index is -1.06. The van der Waals surface area contributed by atoms with E-state index in [0.717, 1.165) is 11.1 Å². The van der Waals surface area contributed by atoms with Crippen LogP contribution in [0.3, 0.4) is 0 Å². The number of ether oxygens (including phenoxy) is 1. The van der Waals surface area contributed by atoms with E-state index in [1.165, 1.54) is 19.2 Å². The maximum Gasteiger partial charge on any atom is 0.411 e. The minimum Gasteiger partial charge on any atom is -0.465 e. The van der Waals surface area contributed by atoms with Crippen LogP contribution in [0.2, 0.25) is 0 Å². The maximum atomic E-state index is 10.9. The first-order chi connectivity index (χ1) is 10.4. The average molecular weight is 303 g/mol. The van der Waals surface area contributed by atoms with E-state index in [9.17, 15) is 14.9 Å². The van der Waals surface area contributed by atoms with Crippen molar-refractivity contribution in [2.75, 3.05) is 11.9 Å². The fourth-order valence-corrected chi connectivity index (χ4v) is 1.72. The smallest absolute Gasteiger partial charge is 0.411 e. The van der Waals surface area contributed by atoms with Crippen molar-refractivity contribution in [1.29, 1.82) is 0 Å². The summed E-state index contributed by atoms with van der Waals surface area (Å²) in [6.07, 6.45) is 0.0437. The molecular weight excluding hydrogens is 290 g/mol. The molecule has 0 radical (unpaired) electrons. The molecule has 0 bridgehead atoms. The highest BCUT2D eigenvalue weighted by molar-refractivity contribution is 5.85. The molecule has 0 aliphatic rings. The Kier molecular flexibility index (Phi) is 4.21. The molecule has 0 saturated carbocycles. The molecular formula is C14H13N3O5. The summed E-state index contributed by atoms with van der Waals surface area (Å²) in [4.78, 5) is 25.9. The standard InChI is InChI=1S/C14H13N3O5/c1-9-7-10(16(2)14(18)19)3-5-12(9)22-13-6-4-11(8-15-13)17(20)21/h3-8H,1-2H3,(H,18,19). The van der Waals surface area contributed by atoms with Crippen molar-refractivity contribution in [3.63, 3.8) is 0 Å². The first-order valence-electron chi connectivity index (χ1n) is 6.24. The lowest BCUT2D eigenvalue weighted by atomic mass is 10.2. The summed E-state index contributed by atoms with van der Waals surface area (Å²) < 4.78 is 5.54. The Hall–Kier alpha value is -3.16. The van der Waals surface area contributed by atoms with Gasteiger partial charge >= 0.3 is 6.09 Å². The molecule has 1 N–H and O–H groups in total. The molecule has 1 heterocycles. The van der Waals surface area contributed by atoms with Crippen molar-refractivity contribution in [3.05, 3.63) is 52.2 Å². The van der Waals surface area contributed by atoms with E-state index in [4.69, 9.17) is 9.84 Å². The van der Waals surface area contributed by atoms with Crippen molar-refractivity contribution in [3.8, 4) is 11.6 Å². The van der Waals surface area contributed by atoms with Crippen LogP contribution in [0.1, 0.15) is 5.56 Å². The van der Waals surface area contributed by atoms with Crippen molar-refractivity contribution < 1.29 is 19.6 Å². The van der Waals surface area contributed by atoms with E-state index >= 15 is 0 Å². The Balaban J connectivity index is 2.19. The summed E-state index contributed by atoms with van der Waals surface area (Å²) in [6, 6.07) is 7.57. The minimum absolute atomic E-state index is 0.123. The molecule has 0 aliphatic heterocycles. The van der Waals surface area contributed by atoms with Gasteiger partial charge in [-0.3, -0.25) is 15.0 Å². The number of anilines is 1. The average Bonchev–Trinajstić information content (AvgIpc) is 2.49. The highest BCUT2D eigenvalue weighted by Crippen LogP contribution is 2.28. The van der Waals surface area contributed by atoms with Gasteiger partial charge in [-0.05, 0) is 30.7 Å². The molecule has 2 aromatic rings. The SMILES string of the molecule is Cc1cc(N(C)C(=O)O)ccc1Oc1ccc([N+](=O)[O-])cn1. The van der Waals surface area contributed by atoms with E-state index in [2.05, 4.69) is 4.98 Å². The molecule has 8 nitrogen and oxygen atoms in total. The lowest BCUT2D eigenvalue weighted by Gasteiger charge is -2.15. The molecule has 0 aliphatic carbocycles. The van der Waals surface area contributed by atoms with Gasteiger partial charge in [0.05, 0.1) is 4.92 Å². The normalized spacial score (nSPS) is 10.1. The van der Waals surface area contributed by atoms with Gasteiger partial charge in [-0.15, -0.1) is 0 Å². The molecule has 1 amide bonds. The monoisotopic (exact) mass is 303 g/mol. The molecule has 1 aromatic carbocycles. The van der Waals surface area contributed by atoms with Gasteiger partial charge in [-0.2, -0.15) is 0 Å². The number of nitro groups is 1. The first kappa shape index (κ1) is 15.2. The van der Waals surface area contributed by atoms with Gasteiger partial charge < -0.3 is 9.84 Å². The van der Waals surface area contributed by atoms with Crippen molar-refractivity contribution in [1.82, 2.24) is 4.98 Å². The summed E-state index contributed by atoms with van der Waals surface area (Å²) in [5, 5.41) is 19.5. The predicted octanol–water partition coefficient (Wildman–Crippen LogP) is 3.20. The Morgan fingerprint density at radius 3 is 2.59 bits per heavy atom. The molecule has 0 spiro atoms. The second-order valence-electron chi connectivity index (χ2n) is 4.51. The van der Waals surface area contributed by atoms with Crippen LogP contribution in [0.4, 0.5) is 16.2 Å². The predicted molar refractivity (Wildman–Crippen MR) is 78.6 cm³/mol. The molecule has 0 saturated heterocycles. The molecule has 1 aromatic heterocycles. The summed E-state index contributed by atoms with van der Waals surface area (Å²) in [5.74, 6) is 0.705. The number of rotatable bonds is 4. The van der Waals surface area contributed by atoms with E-state index < -0.39 is 11.0 Å². The maximum absolute atomic E-state index is 10.9. The van der Waals surface area contributed by atoms with Gasteiger partial charge in [-0.1, -0.05) is 0 Å². The number of aryl methyl sites for hydroxylation is 1. The van der Waals surface area contributed by atoms with Gasteiger partial charge in [-0.25, -0.2) is 9.78 Å². The molecule has 22 heavy (non-hydrogen) atoms. The largest absolute Gasteiger partial charge is 0.465 e. The number of amides is 1. The number of nitrogens with zero attached hydrogens (tertiary/aromatic N) is 3. The third-order valence-electron chi connectivity index (χ3n) is 2.98. The molecule has 0 unspecified atom stereocenters. The summed E-state index contributed by atoms with van der Waals surface area (Å²) in [5.41, 5.74) is 1.10. The van der Waals surface area contributed by atoms with Crippen LogP contribution >= 0.6 is 0 Å². The van der Waals surface area contributed by atoms with Crippen LogP contribution in [0.25, 0.3) is 0 Å². The fourth-order valence-electron chi connectivity index (χ4n) is 1.72. The highest BCUT2D eigenvalue weighted by atomic mass is 16.6. The second-order valence-corrected chi connectivity index (χ2v) is 4.51. The van der Waals surface area contributed by atoms with Crippen molar-refractivity contribution in [2.24, 2.45) is 0 Å². The van der Waals surface area contributed by atoms with Gasteiger partial charge in [0.2, 0.25) is 5.88 Å². The number of hydrogen-bond donors (Lipinski definition) is 1. The van der Waals surface area contributed by atoms with Gasteiger partial charge in [0.1, 0.15) is 11.9 Å². The zero-order valence-corrected chi connectivity index (χ0v) is 11.9. The zero-order valence-electron chi connectivity index (χ0n) is 11.9. The zero-order chi connectivity index (χ0) is 16.3. The van der Waals surface area contributed by atoms with Crippen LogP contribution in [0, 0.1) is 17.0 Å². The highest BCUT2D eigenvalue weighted by Gasteiger charge is 2.11. The van der Waals surface area contributed by atoms with Gasteiger partial charge in [0.15, 0.2) is 0 Å². The lowest BCUT2D eigenvalue weighted by Crippen LogP contribution is -2.23. The Bertz CT molecular complexity index is 715. The number of carbonyl (C=O) groups is 1. The fraction of sp³-hybridized carbons (Fsp3) is 0.143. The Morgan fingerprint density at radius 1 is 1.36 bits per heavy atom. The van der Waals surface area contributed by atoms with Crippen LogP contribution in [0.15, 0.2) is 36.5 Å². The number of benzene rings is 1. The van der Waals surface area contributed by atoms with Crippen molar-refractivity contribution >= 4 is 17.5 Å². The number of carboxylic acid groups (broad SMARTS) is 1. The van der Waals surface area contributed by atoms with E-state index in [0.29, 0.717) is 17.0 Å². The first-order valence-corrected chi connectivity index (χ1v) is 6.24. The van der Waals surface area contributed by atoms with Crippen LogP contribution < -0.4 is 9.64 Å². The topological polar surface area (TPSA) is 106 Å². The van der Waals surface area contributed by atoms with Crippen molar-refractivity contribution in [2.45, 2.75) is 6.92 Å².